The van der Waals surface area contributed by atoms with E-state index < -0.39 is 6.04 Å². The van der Waals surface area contributed by atoms with Gasteiger partial charge < -0.3 is 9.73 Å². The number of amides is 1. The lowest BCUT2D eigenvalue weighted by atomic mass is 9.95. The second-order valence-corrected chi connectivity index (χ2v) is 9.10. The molecule has 2 aromatic heterocycles. The first-order chi connectivity index (χ1) is 15.6. The van der Waals surface area contributed by atoms with E-state index >= 15 is 0 Å². The summed E-state index contributed by atoms with van der Waals surface area (Å²) in [6, 6.07) is 13.2. The van der Waals surface area contributed by atoms with Crippen LogP contribution in [-0.2, 0) is 16.0 Å². The molecule has 0 radical (unpaired) electrons. The Bertz CT molecular complexity index is 1030. The SMILES string of the molecule is CC(=O)[C@H](Cc1ccccc1)NC(=O)CSc1nnc(-c2ccco2)n1C1CCCCC1. The number of aromatic nitrogens is 3. The molecule has 0 saturated heterocycles. The van der Waals surface area contributed by atoms with Crippen LogP contribution in [0.2, 0.25) is 0 Å². The van der Waals surface area contributed by atoms with E-state index in [9.17, 15) is 9.59 Å². The number of benzene rings is 1. The van der Waals surface area contributed by atoms with Gasteiger partial charge in [-0.05, 0) is 43.9 Å². The molecular weight excluding hydrogens is 424 g/mol. The van der Waals surface area contributed by atoms with E-state index in [0.29, 0.717) is 29.2 Å². The van der Waals surface area contributed by atoms with Gasteiger partial charge in [-0.3, -0.25) is 14.2 Å². The Labute approximate surface area is 192 Å². The molecular formula is C24H28N4O3S. The molecule has 7 nitrogen and oxygen atoms in total. The molecule has 1 amide bonds. The number of nitrogens with one attached hydrogen (secondary N) is 1. The molecule has 1 atom stereocenters. The van der Waals surface area contributed by atoms with Crippen molar-refractivity contribution in [2.45, 2.75) is 62.7 Å². The molecule has 2 heterocycles. The minimum atomic E-state index is -0.541. The lowest BCUT2D eigenvalue weighted by Gasteiger charge is -2.25. The molecule has 0 spiro atoms. The third kappa shape index (κ3) is 5.48. The number of ketones is 1. The number of carbonyl (C=O) groups is 2. The van der Waals surface area contributed by atoms with Crippen LogP contribution in [-0.4, -0.2) is 38.2 Å². The predicted molar refractivity (Wildman–Crippen MR) is 123 cm³/mol. The van der Waals surface area contributed by atoms with Crippen molar-refractivity contribution in [2.24, 2.45) is 0 Å². The molecule has 1 aliphatic carbocycles. The van der Waals surface area contributed by atoms with Gasteiger partial charge >= 0.3 is 0 Å². The number of thioether (sulfide) groups is 1. The van der Waals surface area contributed by atoms with Crippen LogP contribution < -0.4 is 5.32 Å². The normalized spacial score (nSPS) is 15.4. The summed E-state index contributed by atoms with van der Waals surface area (Å²) in [6.45, 7) is 1.51. The molecule has 1 aromatic carbocycles. The summed E-state index contributed by atoms with van der Waals surface area (Å²) in [5.41, 5.74) is 1.01. The number of nitrogens with zero attached hydrogens (tertiary/aromatic N) is 3. The van der Waals surface area contributed by atoms with Gasteiger partial charge in [0.2, 0.25) is 11.7 Å². The van der Waals surface area contributed by atoms with E-state index in [1.807, 2.05) is 42.5 Å². The van der Waals surface area contributed by atoms with Crippen LogP contribution >= 0.6 is 11.8 Å². The van der Waals surface area contributed by atoms with Crippen LogP contribution in [0.5, 0.6) is 0 Å². The molecule has 0 unspecified atom stereocenters. The van der Waals surface area contributed by atoms with Crippen LogP contribution in [0.25, 0.3) is 11.6 Å². The first-order valence-corrected chi connectivity index (χ1v) is 12.1. The summed E-state index contributed by atoms with van der Waals surface area (Å²) in [6.07, 6.45) is 7.82. The highest BCUT2D eigenvalue weighted by Crippen LogP contribution is 2.35. The Balaban J connectivity index is 1.44. The van der Waals surface area contributed by atoms with E-state index in [-0.39, 0.29) is 17.4 Å². The summed E-state index contributed by atoms with van der Waals surface area (Å²) in [4.78, 5) is 24.8. The zero-order chi connectivity index (χ0) is 22.3. The molecule has 1 fully saturated rings. The summed E-state index contributed by atoms with van der Waals surface area (Å²) < 4.78 is 7.70. The molecule has 8 heteroatoms. The van der Waals surface area contributed by atoms with E-state index in [1.54, 1.807) is 6.26 Å². The van der Waals surface area contributed by atoms with E-state index in [0.717, 1.165) is 18.4 Å². The van der Waals surface area contributed by atoms with Gasteiger partial charge in [-0.2, -0.15) is 0 Å². The van der Waals surface area contributed by atoms with Gasteiger partial charge in [0, 0.05) is 6.04 Å². The lowest BCUT2D eigenvalue weighted by molar-refractivity contribution is -0.125. The number of Topliss-reactive ketones (excluding diaryl/α,β-unsaturated/α-hetero) is 1. The largest absolute Gasteiger partial charge is 0.461 e. The van der Waals surface area contributed by atoms with Gasteiger partial charge in [0.15, 0.2) is 16.7 Å². The van der Waals surface area contributed by atoms with Gasteiger partial charge in [0.05, 0.1) is 18.1 Å². The Kier molecular flexibility index (Phi) is 7.42. The first-order valence-electron chi connectivity index (χ1n) is 11.1. The molecule has 3 aromatic rings. The number of hydrogen-bond donors (Lipinski definition) is 1. The topological polar surface area (TPSA) is 90.0 Å². The molecule has 0 bridgehead atoms. The molecule has 1 N–H and O–H groups in total. The molecule has 1 aliphatic rings. The van der Waals surface area contributed by atoms with Gasteiger partial charge in [-0.1, -0.05) is 61.4 Å². The van der Waals surface area contributed by atoms with Crippen LogP contribution in [0.1, 0.15) is 50.6 Å². The van der Waals surface area contributed by atoms with Crippen LogP contribution in [0, 0.1) is 0 Å². The minimum absolute atomic E-state index is 0.0577. The monoisotopic (exact) mass is 452 g/mol. The minimum Gasteiger partial charge on any atom is -0.461 e. The van der Waals surface area contributed by atoms with Gasteiger partial charge in [0.1, 0.15) is 0 Å². The van der Waals surface area contributed by atoms with E-state index in [4.69, 9.17) is 4.42 Å². The van der Waals surface area contributed by atoms with Crippen molar-refractivity contribution in [1.29, 1.82) is 0 Å². The fourth-order valence-corrected chi connectivity index (χ4v) is 4.95. The molecule has 4 rings (SSSR count). The van der Waals surface area contributed by atoms with Crippen molar-refractivity contribution < 1.29 is 14.0 Å². The third-order valence-corrected chi connectivity index (χ3v) is 6.73. The second kappa shape index (κ2) is 10.6. The average Bonchev–Trinajstić information content (AvgIpc) is 3.48. The summed E-state index contributed by atoms with van der Waals surface area (Å²) in [7, 11) is 0. The highest BCUT2D eigenvalue weighted by Gasteiger charge is 2.26. The van der Waals surface area contributed by atoms with Gasteiger partial charge in [-0.25, -0.2) is 0 Å². The molecule has 32 heavy (non-hydrogen) atoms. The molecule has 0 aliphatic heterocycles. The van der Waals surface area contributed by atoms with Crippen molar-refractivity contribution in [2.75, 3.05) is 5.75 Å². The number of rotatable bonds is 9. The van der Waals surface area contributed by atoms with Crippen molar-refractivity contribution in [3.05, 3.63) is 54.3 Å². The number of hydrogen-bond acceptors (Lipinski definition) is 6. The van der Waals surface area contributed by atoms with E-state index in [1.165, 1.54) is 37.9 Å². The first kappa shape index (κ1) is 22.3. The third-order valence-electron chi connectivity index (χ3n) is 5.79. The average molecular weight is 453 g/mol. The zero-order valence-corrected chi connectivity index (χ0v) is 19.0. The van der Waals surface area contributed by atoms with Crippen molar-refractivity contribution in [3.63, 3.8) is 0 Å². The van der Waals surface area contributed by atoms with E-state index in [2.05, 4.69) is 20.1 Å². The van der Waals surface area contributed by atoms with Crippen molar-refractivity contribution in [3.8, 4) is 11.6 Å². The standard InChI is InChI=1S/C24H28N4O3S/c1-17(29)20(15-18-9-4-2-5-10-18)25-22(30)16-32-24-27-26-23(21-13-8-14-31-21)28(24)19-11-6-3-7-12-19/h2,4-5,8-10,13-14,19-20H,3,6-7,11-12,15-16H2,1H3,(H,25,30)/t20-/m0/s1. The maximum Gasteiger partial charge on any atom is 0.231 e. The summed E-state index contributed by atoms with van der Waals surface area (Å²) >= 11 is 1.35. The Morgan fingerprint density at radius 1 is 1.12 bits per heavy atom. The summed E-state index contributed by atoms with van der Waals surface area (Å²) in [5.74, 6) is 1.30. The Hall–Kier alpha value is -2.87. The molecule has 1 saturated carbocycles. The van der Waals surface area contributed by atoms with Gasteiger partial charge in [0.25, 0.3) is 0 Å². The smallest absolute Gasteiger partial charge is 0.231 e. The van der Waals surface area contributed by atoms with Crippen LogP contribution in [0.3, 0.4) is 0 Å². The van der Waals surface area contributed by atoms with Gasteiger partial charge in [-0.15, -0.1) is 10.2 Å². The highest BCUT2D eigenvalue weighted by atomic mass is 32.2. The maximum absolute atomic E-state index is 12.7. The Morgan fingerprint density at radius 3 is 2.59 bits per heavy atom. The molecule has 168 valence electrons. The number of furan rings is 1. The zero-order valence-electron chi connectivity index (χ0n) is 18.2. The quantitative estimate of drug-likeness (QED) is 0.483. The Morgan fingerprint density at radius 2 is 1.91 bits per heavy atom. The fourth-order valence-electron chi connectivity index (χ4n) is 4.13. The van der Waals surface area contributed by atoms with Crippen LogP contribution in [0.15, 0.2) is 58.3 Å². The lowest BCUT2D eigenvalue weighted by Crippen LogP contribution is -2.42. The van der Waals surface area contributed by atoms with Crippen molar-refractivity contribution >= 4 is 23.5 Å². The van der Waals surface area contributed by atoms with Crippen molar-refractivity contribution in [1.82, 2.24) is 20.1 Å². The van der Waals surface area contributed by atoms with Crippen LogP contribution in [0.4, 0.5) is 0 Å². The summed E-state index contributed by atoms with van der Waals surface area (Å²) in [5, 5.41) is 12.3. The maximum atomic E-state index is 12.7. The second-order valence-electron chi connectivity index (χ2n) is 8.15. The highest BCUT2D eigenvalue weighted by molar-refractivity contribution is 7.99. The predicted octanol–water partition coefficient (Wildman–Crippen LogP) is 4.45. The number of carbonyl (C=O) groups excluding carboxylic acids is 2. The fraction of sp³-hybridized carbons (Fsp3) is 0.417.